The number of nitrogens with one attached hydrogen (secondary N) is 1. The Morgan fingerprint density at radius 3 is 2.76 bits per heavy atom. The van der Waals surface area contributed by atoms with E-state index in [1.165, 1.54) is 6.07 Å². The molecule has 2 aromatic heterocycles. The van der Waals surface area contributed by atoms with Crippen LogP contribution < -0.4 is 5.32 Å². The summed E-state index contributed by atoms with van der Waals surface area (Å²) in [6.45, 7) is 4.17. The van der Waals surface area contributed by atoms with Crippen LogP contribution >= 0.6 is 0 Å². The van der Waals surface area contributed by atoms with Crippen molar-refractivity contribution < 1.29 is 13.6 Å². The van der Waals surface area contributed by atoms with Crippen molar-refractivity contribution in [3.05, 3.63) is 65.5 Å². The number of carbonyl (C=O) groups excluding carboxylic acids is 1. The van der Waals surface area contributed by atoms with Crippen LogP contribution in [0, 0.1) is 12.7 Å². The molecule has 4 rings (SSSR count). The molecular weight excluding hydrogens is 371 g/mol. The minimum absolute atomic E-state index is 0.0133. The first kappa shape index (κ1) is 19.4. The van der Waals surface area contributed by atoms with Crippen molar-refractivity contribution in [1.29, 1.82) is 0 Å². The van der Waals surface area contributed by atoms with E-state index in [-0.39, 0.29) is 17.8 Å². The molecule has 1 aliphatic heterocycles. The predicted molar refractivity (Wildman–Crippen MR) is 108 cm³/mol. The number of hydrogen-bond acceptors (Lipinski definition) is 4. The number of aryl methyl sites for hydroxylation is 2. The standard InChI is InChI=1S/C22H25FN4O2/c1-15-12-16(7-8-17(15)23)19-13-18(25-26(19)2)22(28)24-14-20(21-6-5-11-29-21)27-9-3-4-10-27/h5-8,11-13,20H,3-4,9-10,14H2,1-2H3,(H,24,28). The Kier molecular flexibility index (Phi) is 5.49. The number of furan rings is 1. The number of nitrogens with zero attached hydrogens (tertiary/aromatic N) is 3. The Bertz CT molecular complexity index is 990. The second-order valence-corrected chi connectivity index (χ2v) is 7.49. The van der Waals surface area contributed by atoms with Crippen LogP contribution in [0.5, 0.6) is 0 Å². The molecule has 1 saturated heterocycles. The first-order valence-corrected chi connectivity index (χ1v) is 9.89. The van der Waals surface area contributed by atoms with Gasteiger partial charge in [0.2, 0.25) is 0 Å². The number of benzene rings is 1. The molecule has 0 saturated carbocycles. The topological polar surface area (TPSA) is 63.3 Å². The van der Waals surface area contributed by atoms with E-state index in [9.17, 15) is 9.18 Å². The van der Waals surface area contributed by atoms with Gasteiger partial charge in [0.05, 0.1) is 18.0 Å². The number of hydrogen-bond donors (Lipinski definition) is 1. The fourth-order valence-electron chi connectivity index (χ4n) is 3.88. The summed E-state index contributed by atoms with van der Waals surface area (Å²) in [5.41, 5.74) is 2.48. The molecule has 3 heterocycles. The number of aromatic nitrogens is 2. The predicted octanol–water partition coefficient (Wildman–Crippen LogP) is 3.69. The van der Waals surface area contributed by atoms with Gasteiger partial charge < -0.3 is 9.73 Å². The second kappa shape index (κ2) is 8.21. The van der Waals surface area contributed by atoms with E-state index in [2.05, 4.69) is 15.3 Å². The van der Waals surface area contributed by atoms with Crippen LogP contribution in [0.25, 0.3) is 11.3 Å². The SMILES string of the molecule is Cc1cc(-c2cc(C(=O)NCC(c3ccco3)N3CCCC3)nn2C)ccc1F. The Balaban J connectivity index is 1.49. The van der Waals surface area contributed by atoms with E-state index in [4.69, 9.17) is 4.42 Å². The molecule has 1 aromatic carbocycles. The molecule has 0 bridgehead atoms. The van der Waals surface area contributed by atoms with Crippen molar-refractivity contribution in [1.82, 2.24) is 20.0 Å². The van der Waals surface area contributed by atoms with Gasteiger partial charge in [-0.15, -0.1) is 0 Å². The highest BCUT2D eigenvalue weighted by Gasteiger charge is 2.26. The second-order valence-electron chi connectivity index (χ2n) is 7.49. The first-order chi connectivity index (χ1) is 14.0. The third kappa shape index (κ3) is 4.10. The molecule has 1 fully saturated rings. The zero-order valence-corrected chi connectivity index (χ0v) is 16.7. The van der Waals surface area contributed by atoms with Crippen LogP contribution in [0.3, 0.4) is 0 Å². The van der Waals surface area contributed by atoms with Gasteiger partial charge in [-0.2, -0.15) is 5.10 Å². The zero-order chi connectivity index (χ0) is 20.4. The molecule has 1 atom stereocenters. The minimum Gasteiger partial charge on any atom is -0.468 e. The zero-order valence-electron chi connectivity index (χ0n) is 16.7. The summed E-state index contributed by atoms with van der Waals surface area (Å²) < 4.78 is 20.8. The summed E-state index contributed by atoms with van der Waals surface area (Å²) in [6.07, 6.45) is 3.98. The maximum Gasteiger partial charge on any atom is 0.271 e. The van der Waals surface area contributed by atoms with Gasteiger partial charge in [0, 0.05) is 19.2 Å². The first-order valence-electron chi connectivity index (χ1n) is 9.89. The molecule has 1 amide bonds. The summed E-state index contributed by atoms with van der Waals surface area (Å²) in [7, 11) is 1.78. The van der Waals surface area contributed by atoms with Crippen molar-refractivity contribution in [2.75, 3.05) is 19.6 Å². The van der Waals surface area contributed by atoms with E-state index in [1.807, 2.05) is 12.1 Å². The molecule has 1 unspecified atom stereocenters. The summed E-state index contributed by atoms with van der Waals surface area (Å²) in [5.74, 6) is 0.372. The average molecular weight is 396 g/mol. The van der Waals surface area contributed by atoms with E-state index in [1.54, 1.807) is 43.1 Å². The lowest BCUT2D eigenvalue weighted by Gasteiger charge is -2.25. The van der Waals surface area contributed by atoms with Gasteiger partial charge in [-0.05, 0) is 74.8 Å². The van der Waals surface area contributed by atoms with Gasteiger partial charge in [-0.3, -0.25) is 14.4 Å². The monoisotopic (exact) mass is 396 g/mol. The van der Waals surface area contributed by atoms with E-state index in [0.29, 0.717) is 17.8 Å². The van der Waals surface area contributed by atoms with Gasteiger partial charge in [0.25, 0.3) is 5.91 Å². The van der Waals surface area contributed by atoms with Gasteiger partial charge in [-0.25, -0.2) is 4.39 Å². The molecular formula is C22H25FN4O2. The van der Waals surface area contributed by atoms with E-state index < -0.39 is 0 Å². The van der Waals surface area contributed by atoms with Crippen molar-refractivity contribution in [2.45, 2.75) is 25.8 Å². The van der Waals surface area contributed by atoms with Gasteiger partial charge in [-0.1, -0.05) is 0 Å². The van der Waals surface area contributed by atoms with Crippen LogP contribution in [-0.4, -0.2) is 40.2 Å². The average Bonchev–Trinajstić information content (AvgIpc) is 3.46. The van der Waals surface area contributed by atoms with Crippen LogP contribution in [-0.2, 0) is 7.05 Å². The van der Waals surface area contributed by atoms with E-state index >= 15 is 0 Å². The largest absolute Gasteiger partial charge is 0.468 e. The quantitative estimate of drug-likeness (QED) is 0.690. The molecule has 1 aliphatic rings. The normalized spacial score (nSPS) is 15.6. The minimum atomic E-state index is -0.250. The molecule has 29 heavy (non-hydrogen) atoms. The Morgan fingerprint density at radius 2 is 2.07 bits per heavy atom. The van der Waals surface area contributed by atoms with Gasteiger partial charge >= 0.3 is 0 Å². The molecule has 7 heteroatoms. The Morgan fingerprint density at radius 1 is 1.28 bits per heavy atom. The fourth-order valence-corrected chi connectivity index (χ4v) is 3.88. The van der Waals surface area contributed by atoms with Gasteiger partial charge in [0.1, 0.15) is 11.6 Å². The number of amides is 1. The summed E-state index contributed by atoms with van der Waals surface area (Å²) in [4.78, 5) is 15.1. The summed E-state index contributed by atoms with van der Waals surface area (Å²) in [5, 5.41) is 7.35. The third-order valence-corrected chi connectivity index (χ3v) is 5.48. The molecule has 1 N–H and O–H groups in total. The molecule has 152 valence electrons. The Labute approximate surface area is 169 Å². The summed E-state index contributed by atoms with van der Waals surface area (Å²) >= 11 is 0. The highest BCUT2D eigenvalue weighted by molar-refractivity contribution is 5.93. The molecule has 3 aromatic rings. The number of halogens is 1. The third-order valence-electron chi connectivity index (χ3n) is 5.48. The maximum absolute atomic E-state index is 13.6. The number of likely N-dealkylation sites (tertiary alicyclic amines) is 1. The number of rotatable bonds is 6. The highest BCUT2D eigenvalue weighted by atomic mass is 19.1. The molecule has 0 radical (unpaired) electrons. The van der Waals surface area contributed by atoms with Crippen LogP contribution in [0.4, 0.5) is 4.39 Å². The number of carbonyl (C=O) groups is 1. The molecule has 6 nitrogen and oxygen atoms in total. The maximum atomic E-state index is 13.6. The molecule has 0 spiro atoms. The fraction of sp³-hybridized carbons (Fsp3) is 0.364. The smallest absolute Gasteiger partial charge is 0.271 e. The highest BCUT2D eigenvalue weighted by Crippen LogP contribution is 2.25. The lowest BCUT2D eigenvalue weighted by atomic mass is 10.1. The van der Waals surface area contributed by atoms with Crippen LogP contribution in [0.2, 0.25) is 0 Å². The van der Waals surface area contributed by atoms with Crippen molar-refractivity contribution in [3.8, 4) is 11.3 Å². The van der Waals surface area contributed by atoms with Crippen molar-refractivity contribution in [3.63, 3.8) is 0 Å². The van der Waals surface area contributed by atoms with E-state index in [0.717, 1.165) is 42.9 Å². The lowest BCUT2D eigenvalue weighted by molar-refractivity contribution is 0.0928. The lowest BCUT2D eigenvalue weighted by Crippen LogP contribution is -2.36. The van der Waals surface area contributed by atoms with Gasteiger partial charge in [0.15, 0.2) is 5.69 Å². The van der Waals surface area contributed by atoms with Crippen LogP contribution in [0.15, 0.2) is 47.1 Å². The van der Waals surface area contributed by atoms with Crippen LogP contribution in [0.1, 0.15) is 40.7 Å². The Hall–Kier alpha value is -2.93. The van der Waals surface area contributed by atoms with Crippen molar-refractivity contribution in [2.24, 2.45) is 7.05 Å². The summed E-state index contributed by atoms with van der Waals surface area (Å²) in [6, 6.07) is 10.5. The molecule has 0 aliphatic carbocycles. The van der Waals surface area contributed by atoms with Crippen molar-refractivity contribution >= 4 is 5.91 Å².